The Bertz CT molecular complexity index is 342. The smallest absolute Gasteiger partial charge is 0.220 e. The molecular weight excluding hydrogens is 248 g/mol. The lowest BCUT2D eigenvalue weighted by Crippen LogP contribution is -2.55. The Morgan fingerprint density at radius 3 is 2.10 bits per heavy atom. The van der Waals surface area contributed by atoms with Crippen molar-refractivity contribution < 1.29 is 4.79 Å². The first-order chi connectivity index (χ1) is 9.47. The van der Waals surface area contributed by atoms with Crippen molar-refractivity contribution in [1.82, 2.24) is 5.32 Å². The Balaban J connectivity index is 1.59. The SMILES string of the molecule is CC(N)CCC(=O)NC(C)C12CC3CC(CC(C3)C1)C2. The first-order valence-corrected chi connectivity index (χ1v) is 8.52. The van der Waals surface area contributed by atoms with Crippen LogP contribution in [0.3, 0.4) is 0 Å². The van der Waals surface area contributed by atoms with Gasteiger partial charge in [-0.15, -0.1) is 0 Å². The molecule has 4 saturated carbocycles. The van der Waals surface area contributed by atoms with Gasteiger partial charge in [-0.3, -0.25) is 4.79 Å². The number of carbonyl (C=O) groups excluding carboxylic acids is 1. The molecule has 3 nitrogen and oxygen atoms in total. The molecule has 4 aliphatic carbocycles. The summed E-state index contributed by atoms with van der Waals surface area (Å²) >= 11 is 0. The molecule has 4 aliphatic rings. The van der Waals surface area contributed by atoms with Crippen LogP contribution in [-0.2, 0) is 4.79 Å². The molecule has 0 radical (unpaired) electrons. The molecule has 114 valence electrons. The van der Waals surface area contributed by atoms with Gasteiger partial charge in [-0.25, -0.2) is 0 Å². The minimum atomic E-state index is 0.121. The lowest BCUT2D eigenvalue weighted by atomic mass is 9.48. The Morgan fingerprint density at radius 2 is 1.65 bits per heavy atom. The highest BCUT2D eigenvalue weighted by atomic mass is 16.1. The van der Waals surface area contributed by atoms with Gasteiger partial charge in [-0.2, -0.15) is 0 Å². The molecule has 0 aromatic heterocycles. The lowest BCUT2D eigenvalue weighted by Gasteiger charge is -2.59. The summed E-state index contributed by atoms with van der Waals surface area (Å²) in [7, 11) is 0. The first-order valence-electron chi connectivity index (χ1n) is 8.52. The van der Waals surface area contributed by atoms with Crippen molar-refractivity contribution in [2.24, 2.45) is 28.9 Å². The third-order valence-electron chi connectivity index (χ3n) is 6.21. The molecule has 3 heteroatoms. The molecule has 4 rings (SSSR count). The zero-order valence-electron chi connectivity index (χ0n) is 13.0. The van der Waals surface area contributed by atoms with Crippen molar-refractivity contribution in [1.29, 1.82) is 0 Å². The Hall–Kier alpha value is -0.570. The number of amides is 1. The summed E-state index contributed by atoms with van der Waals surface area (Å²) in [5.41, 5.74) is 6.15. The monoisotopic (exact) mass is 278 g/mol. The zero-order valence-corrected chi connectivity index (χ0v) is 13.0. The fraction of sp³-hybridized carbons (Fsp3) is 0.941. The maximum atomic E-state index is 12.1. The van der Waals surface area contributed by atoms with Crippen LogP contribution in [0.4, 0.5) is 0 Å². The number of carbonyl (C=O) groups is 1. The van der Waals surface area contributed by atoms with Crippen molar-refractivity contribution >= 4 is 5.91 Å². The molecule has 2 unspecified atom stereocenters. The van der Waals surface area contributed by atoms with E-state index in [0.717, 1.165) is 24.2 Å². The van der Waals surface area contributed by atoms with Gasteiger partial charge in [0.1, 0.15) is 0 Å². The van der Waals surface area contributed by atoms with Gasteiger partial charge < -0.3 is 11.1 Å². The van der Waals surface area contributed by atoms with Crippen molar-refractivity contribution in [2.75, 3.05) is 0 Å². The summed E-state index contributed by atoms with van der Waals surface area (Å²) in [6, 6.07) is 0.465. The molecule has 0 aliphatic heterocycles. The second-order valence-corrected chi connectivity index (χ2v) is 8.09. The van der Waals surface area contributed by atoms with E-state index in [4.69, 9.17) is 5.73 Å². The van der Waals surface area contributed by atoms with Crippen LogP contribution in [0.15, 0.2) is 0 Å². The summed E-state index contributed by atoms with van der Waals surface area (Å²) in [6.07, 6.45) is 9.82. The van der Waals surface area contributed by atoms with Gasteiger partial charge in [0.25, 0.3) is 0 Å². The van der Waals surface area contributed by atoms with Crippen LogP contribution >= 0.6 is 0 Å². The fourth-order valence-electron chi connectivity index (χ4n) is 5.53. The largest absolute Gasteiger partial charge is 0.353 e. The van der Waals surface area contributed by atoms with Crippen LogP contribution in [0, 0.1) is 23.2 Å². The second-order valence-electron chi connectivity index (χ2n) is 8.09. The molecule has 1 amide bonds. The van der Waals surface area contributed by atoms with E-state index in [0.29, 0.717) is 17.9 Å². The highest BCUT2D eigenvalue weighted by Crippen LogP contribution is 2.61. The number of hydrogen-bond acceptors (Lipinski definition) is 2. The molecule has 0 aromatic rings. The molecule has 3 N–H and O–H groups in total. The number of nitrogens with one attached hydrogen (secondary N) is 1. The minimum absolute atomic E-state index is 0.121. The Kier molecular flexibility index (Phi) is 3.83. The molecule has 0 saturated heterocycles. The topological polar surface area (TPSA) is 55.1 Å². The van der Waals surface area contributed by atoms with Gasteiger partial charge >= 0.3 is 0 Å². The third kappa shape index (κ3) is 2.74. The Morgan fingerprint density at radius 1 is 1.15 bits per heavy atom. The summed E-state index contributed by atoms with van der Waals surface area (Å²) in [6.45, 7) is 4.21. The highest BCUT2D eigenvalue weighted by Gasteiger charge is 2.53. The minimum Gasteiger partial charge on any atom is -0.353 e. The van der Waals surface area contributed by atoms with Gasteiger partial charge in [-0.05, 0) is 82.0 Å². The van der Waals surface area contributed by atoms with Crippen molar-refractivity contribution in [3.05, 3.63) is 0 Å². The van der Waals surface area contributed by atoms with Gasteiger partial charge in [-0.1, -0.05) is 0 Å². The maximum absolute atomic E-state index is 12.1. The van der Waals surface area contributed by atoms with Crippen LogP contribution in [-0.4, -0.2) is 18.0 Å². The molecule has 0 aromatic carbocycles. The van der Waals surface area contributed by atoms with Crippen molar-refractivity contribution in [2.45, 2.75) is 77.3 Å². The first kappa shape index (κ1) is 14.4. The van der Waals surface area contributed by atoms with Crippen LogP contribution in [0.2, 0.25) is 0 Å². The molecular formula is C17H30N2O. The summed E-state index contributed by atoms with van der Waals surface area (Å²) in [4.78, 5) is 12.1. The predicted molar refractivity (Wildman–Crippen MR) is 81.1 cm³/mol. The molecule has 2 atom stereocenters. The van der Waals surface area contributed by atoms with E-state index in [-0.39, 0.29) is 11.9 Å². The van der Waals surface area contributed by atoms with E-state index in [2.05, 4.69) is 12.2 Å². The average molecular weight is 278 g/mol. The Labute approximate surface area is 123 Å². The van der Waals surface area contributed by atoms with E-state index >= 15 is 0 Å². The number of nitrogens with two attached hydrogens (primary N) is 1. The molecule has 0 heterocycles. The van der Waals surface area contributed by atoms with Gasteiger partial charge in [0.2, 0.25) is 5.91 Å². The molecule has 0 spiro atoms. The summed E-state index contributed by atoms with van der Waals surface area (Å²) < 4.78 is 0. The summed E-state index contributed by atoms with van der Waals surface area (Å²) in [5.74, 6) is 3.05. The lowest BCUT2D eigenvalue weighted by molar-refractivity contribution is -0.126. The highest BCUT2D eigenvalue weighted by molar-refractivity contribution is 5.76. The second kappa shape index (κ2) is 5.32. The molecule has 4 bridgehead atoms. The third-order valence-corrected chi connectivity index (χ3v) is 6.21. The van der Waals surface area contributed by atoms with Gasteiger partial charge in [0.05, 0.1) is 0 Å². The van der Waals surface area contributed by atoms with Gasteiger partial charge in [0.15, 0.2) is 0 Å². The van der Waals surface area contributed by atoms with E-state index in [1.165, 1.54) is 38.5 Å². The number of rotatable bonds is 5. The van der Waals surface area contributed by atoms with Crippen LogP contribution in [0.5, 0.6) is 0 Å². The molecule has 20 heavy (non-hydrogen) atoms. The van der Waals surface area contributed by atoms with E-state index < -0.39 is 0 Å². The average Bonchev–Trinajstić information content (AvgIpc) is 2.34. The van der Waals surface area contributed by atoms with Gasteiger partial charge in [0, 0.05) is 18.5 Å². The predicted octanol–water partition coefficient (Wildman–Crippen LogP) is 2.83. The van der Waals surface area contributed by atoms with Crippen molar-refractivity contribution in [3.8, 4) is 0 Å². The quantitative estimate of drug-likeness (QED) is 0.812. The van der Waals surface area contributed by atoms with Crippen LogP contribution < -0.4 is 11.1 Å². The normalized spacial score (nSPS) is 41.5. The van der Waals surface area contributed by atoms with E-state index in [1.54, 1.807) is 0 Å². The van der Waals surface area contributed by atoms with Crippen LogP contribution in [0.1, 0.15) is 65.2 Å². The van der Waals surface area contributed by atoms with E-state index in [1.807, 2.05) is 6.92 Å². The van der Waals surface area contributed by atoms with E-state index in [9.17, 15) is 4.79 Å². The number of hydrogen-bond donors (Lipinski definition) is 2. The van der Waals surface area contributed by atoms with Crippen molar-refractivity contribution in [3.63, 3.8) is 0 Å². The maximum Gasteiger partial charge on any atom is 0.220 e. The van der Waals surface area contributed by atoms with Crippen LogP contribution in [0.25, 0.3) is 0 Å². The molecule has 4 fully saturated rings. The zero-order chi connectivity index (χ0) is 14.3. The summed E-state index contributed by atoms with van der Waals surface area (Å²) in [5, 5.41) is 3.30. The fourth-order valence-corrected chi connectivity index (χ4v) is 5.53. The standard InChI is InChI=1S/C17H30N2O/c1-11(18)3-4-16(20)19-12(2)17-8-13-5-14(9-17)7-15(6-13)10-17/h11-15H,3-10,18H2,1-2H3,(H,19,20).